The smallest absolute Gasteiger partial charge is 0.407 e. The molecule has 1 N–H and O–H groups in total. The van der Waals surface area contributed by atoms with Gasteiger partial charge in [0.2, 0.25) is 5.91 Å². The van der Waals surface area contributed by atoms with Crippen LogP contribution in [0.1, 0.15) is 42.6 Å². The van der Waals surface area contributed by atoms with Gasteiger partial charge in [0.15, 0.2) is 0 Å². The monoisotopic (exact) mass is 458 g/mol. The Morgan fingerprint density at radius 2 is 1.56 bits per heavy atom. The van der Waals surface area contributed by atoms with Gasteiger partial charge in [0.1, 0.15) is 12.4 Å². The van der Waals surface area contributed by atoms with Gasteiger partial charge in [-0.15, -0.1) is 0 Å². The van der Waals surface area contributed by atoms with Crippen molar-refractivity contribution in [1.82, 2.24) is 10.2 Å². The molecule has 6 nitrogen and oxygen atoms in total. The molecular formula is C28H30N2O4. The van der Waals surface area contributed by atoms with Crippen LogP contribution in [0, 0.1) is 5.92 Å². The normalized spacial score (nSPS) is 19.0. The van der Waals surface area contributed by atoms with Crippen molar-refractivity contribution in [1.29, 1.82) is 0 Å². The van der Waals surface area contributed by atoms with Gasteiger partial charge in [0.05, 0.1) is 25.1 Å². The van der Waals surface area contributed by atoms with Crippen molar-refractivity contribution < 1.29 is 19.1 Å². The van der Waals surface area contributed by atoms with Gasteiger partial charge in [0.25, 0.3) is 0 Å². The maximum atomic E-state index is 13.4. The van der Waals surface area contributed by atoms with Gasteiger partial charge in [-0.1, -0.05) is 72.8 Å². The number of amides is 2. The Labute approximate surface area is 200 Å². The number of likely N-dealkylation sites (tertiary alicyclic amines) is 1. The fourth-order valence-corrected chi connectivity index (χ4v) is 4.56. The van der Waals surface area contributed by atoms with E-state index >= 15 is 0 Å². The highest BCUT2D eigenvalue weighted by atomic mass is 16.5. The maximum absolute atomic E-state index is 13.4. The van der Waals surface area contributed by atoms with Crippen LogP contribution in [0.15, 0.2) is 84.9 Å². The van der Waals surface area contributed by atoms with Crippen molar-refractivity contribution in [3.8, 4) is 5.75 Å². The van der Waals surface area contributed by atoms with E-state index in [-0.39, 0.29) is 36.6 Å². The van der Waals surface area contributed by atoms with Crippen LogP contribution in [0.5, 0.6) is 5.75 Å². The van der Waals surface area contributed by atoms with E-state index in [1.807, 2.05) is 104 Å². The molecule has 1 aliphatic heterocycles. The average molecular weight is 459 g/mol. The number of nitrogens with one attached hydrogen (secondary N) is 1. The summed E-state index contributed by atoms with van der Waals surface area (Å²) in [6.45, 7) is 4.07. The highest BCUT2D eigenvalue weighted by molar-refractivity contribution is 5.88. The molecule has 34 heavy (non-hydrogen) atoms. The van der Waals surface area contributed by atoms with E-state index in [2.05, 4.69) is 5.32 Å². The predicted molar refractivity (Wildman–Crippen MR) is 130 cm³/mol. The van der Waals surface area contributed by atoms with Gasteiger partial charge in [-0.05, 0) is 42.7 Å². The lowest BCUT2D eigenvalue weighted by atomic mass is 9.76. The average Bonchev–Trinajstić information content (AvgIpc) is 2.87. The van der Waals surface area contributed by atoms with Crippen molar-refractivity contribution in [2.24, 2.45) is 5.92 Å². The lowest BCUT2D eigenvalue weighted by Crippen LogP contribution is -2.62. The Bertz CT molecular complexity index is 1100. The molecule has 0 aromatic heterocycles. The first kappa shape index (κ1) is 23.4. The Hall–Kier alpha value is -3.80. The highest BCUT2D eigenvalue weighted by Gasteiger charge is 2.52. The SMILES string of the molecule is COc1ccc([C@H](C)N2C(=O)[C@@H]([C@H](C)NC(=O)OCc3ccccc3)[C@@H]2c2ccccc2)cc1. The topological polar surface area (TPSA) is 67.9 Å². The molecule has 4 rings (SSSR count). The highest BCUT2D eigenvalue weighted by Crippen LogP contribution is 2.47. The standard InChI is InChI=1S/C28H30N2O4/c1-19(29-28(32)34-18-21-10-6-4-7-11-21)25-26(23-12-8-5-9-13-23)30(27(25)31)20(2)22-14-16-24(33-3)17-15-22/h4-17,19-20,25-26H,18H2,1-3H3,(H,29,32)/t19-,20-,25-,26-/m0/s1. The van der Waals surface area contributed by atoms with Crippen molar-refractivity contribution >= 4 is 12.0 Å². The van der Waals surface area contributed by atoms with Crippen molar-refractivity contribution in [3.05, 3.63) is 102 Å². The molecule has 1 saturated heterocycles. The Morgan fingerprint density at radius 3 is 2.18 bits per heavy atom. The minimum absolute atomic E-state index is 0.00744. The molecule has 0 radical (unpaired) electrons. The molecule has 0 aliphatic carbocycles. The molecule has 1 aliphatic rings. The van der Waals surface area contributed by atoms with Crippen LogP contribution < -0.4 is 10.1 Å². The van der Waals surface area contributed by atoms with E-state index in [9.17, 15) is 9.59 Å². The Morgan fingerprint density at radius 1 is 0.941 bits per heavy atom. The second kappa shape index (κ2) is 10.4. The number of rotatable bonds is 8. The van der Waals surface area contributed by atoms with Gasteiger partial charge < -0.3 is 19.7 Å². The molecule has 0 bridgehead atoms. The summed E-state index contributed by atoms with van der Waals surface area (Å²) in [7, 11) is 1.63. The largest absolute Gasteiger partial charge is 0.497 e. The van der Waals surface area contributed by atoms with E-state index in [1.165, 1.54) is 0 Å². The molecule has 176 valence electrons. The van der Waals surface area contributed by atoms with Gasteiger partial charge in [-0.3, -0.25) is 4.79 Å². The molecule has 6 heteroatoms. The third kappa shape index (κ3) is 4.91. The minimum atomic E-state index is -0.530. The van der Waals surface area contributed by atoms with Crippen molar-refractivity contribution in [3.63, 3.8) is 0 Å². The number of alkyl carbamates (subject to hydrolysis) is 1. The van der Waals surface area contributed by atoms with Crippen molar-refractivity contribution in [2.75, 3.05) is 7.11 Å². The quantitative estimate of drug-likeness (QED) is 0.467. The summed E-state index contributed by atoms with van der Waals surface area (Å²) in [5.41, 5.74) is 2.97. The summed E-state index contributed by atoms with van der Waals surface area (Å²) in [4.78, 5) is 27.7. The number of ether oxygens (including phenoxy) is 2. The molecule has 2 amide bonds. The maximum Gasteiger partial charge on any atom is 0.407 e. The minimum Gasteiger partial charge on any atom is -0.497 e. The summed E-state index contributed by atoms with van der Waals surface area (Å²) in [5.74, 6) is 0.399. The number of nitrogens with zero attached hydrogens (tertiary/aromatic N) is 1. The zero-order chi connectivity index (χ0) is 24.1. The fourth-order valence-electron chi connectivity index (χ4n) is 4.56. The predicted octanol–water partition coefficient (Wildman–Crippen LogP) is 5.27. The zero-order valence-corrected chi connectivity index (χ0v) is 19.7. The molecule has 3 aromatic carbocycles. The van der Waals surface area contributed by atoms with Gasteiger partial charge in [-0.25, -0.2) is 4.79 Å². The van der Waals surface area contributed by atoms with Gasteiger partial charge in [-0.2, -0.15) is 0 Å². The zero-order valence-electron chi connectivity index (χ0n) is 19.7. The fraction of sp³-hybridized carbons (Fsp3) is 0.286. The van der Waals surface area contributed by atoms with Gasteiger partial charge in [0, 0.05) is 6.04 Å². The summed E-state index contributed by atoms with van der Waals surface area (Å²) < 4.78 is 10.6. The second-order valence-electron chi connectivity index (χ2n) is 8.57. The molecule has 3 aromatic rings. The first-order valence-electron chi connectivity index (χ1n) is 11.5. The lowest BCUT2D eigenvalue weighted by Gasteiger charge is -2.52. The number of carbonyl (C=O) groups excluding carboxylic acids is 2. The van der Waals surface area contributed by atoms with Crippen LogP contribution in [0.25, 0.3) is 0 Å². The molecule has 1 fully saturated rings. The Kier molecular flexibility index (Phi) is 7.16. The summed E-state index contributed by atoms with van der Waals surface area (Å²) in [6.07, 6.45) is -0.530. The van der Waals surface area contributed by atoms with E-state index in [4.69, 9.17) is 9.47 Å². The molecule has 1 heterocycles. The number of β-lactam (4-membered cyclic amide) rings is 1. The summed E-state index contributed by atoms with van der Waals surface area (Å²) in [6, 6.07) is 26.5. The Balaban J connectivity index is 1.48. The van der Waals surface area contributed by atoms with E-state index < -0.39 is 6.09 Å². The van der Waals surface area contributed by atoms with Crippen LogP contribution >= 0.6 is 0 Å². The van der Waals surface area contributed by atoms with Crippen LogP contribution in [-0.4, -0.2) is 30.1 Å². The first-order valence-corrected chi connectivity index (χ1v) is 11.5. The van der Waals surface area contributed by atoms with E-state index in [0.29, 0.717) is 0 Å². The number of methoxy groups -OCH3 is 1. The van der Waals surface area contributed by atoms with Crippen LogP contribution in [0.2, 0.25) is 0 Å². The molecule has 0 spiro atoms. The first-order chi connectivity index (χ1) is 16.5. The third-order valence-corrected chi connectivity index (χ3v) is 6.43. The molecular weight excluding hydrogens is 428 g/mol. The molecule has 4 atom stereocenters. The number of benzene rings is 3. The summed E-state index contributed by atoms with van der Waals surface area (Å²) in [5, 5.41) is 2.87. The summed E-state index contributed by atoms with van der Waals surface area (Å²) >= 11 is 0. The lowest BCUT2D eigenvalue weighted by molar-refractivity contribution is -0.163. The van der Waals surface area contributed by atoms with Crippen LogP contribution in [-0.2, 0) is 16.1 Å². The van der Waals surface area contributed by atoms with E-state index in [1.54, 1.807) is 7.11 Å². The number of hydrogen-bond acceptors (Lipinski definition) is 4. The van der Waals surface area contributed by atoms with Crippen molar-refractivity contribution in [2.45, 2.75) is 38.6 Å². The second-order valence-corrected chi connectivity index (χ2v) is 8.57. The number of hydrogen-bond donors (Lipinski definition) is 1. The van der Waals surface area contributed by atoms with E-state index in [0.717, 1.165) is 22.4 Å². The molecule has 0 saturated carbocycles. The molecule has 0 unspecified atom stereocenters. The van der Waals surface area contributed by atoms with Gasteiger partial charge >= 0.3 is 6.09 Å². The number of carbonyl (C=O) groups is 2. The van der Waals surface area contributed by atoms with Crippen LogP contribution in [0.4, 0.5) is 4.79 Å². The third-order valence-electron chi connectivity index (χ3n) is 6.43. The van der Waals surface area contributed by atoms with Crippen LogP contribution in [0.3, 0.4) is 0 Å².